The van der Waals surface area contributed by atoms with E-state index in [-0.39, 0.29) is 6.42 Å². The zero-order valence-electron chi connectivity index (χ0n) is 12.0. The van der Waals surface area contributed by atoms with Crippen molar-refractivity contribution in [2.24, 2.45) is 0 Å². The molecule has 1 aliphatic rings. The third-order valence-corrected chi connectivity index (χ3v) is 4.76. The summed E-state index contributed by atoms with van der Waals surface area (Å²) in [4.78, 5) is 24.9. The van der Waals surface area contributed by atoms with Crippen molar-refractivity contribution in [2.75, 3.05) is 12.4 Å². The van der Waals surface area contributed by atoms with Crippen LogP contribution >= 0.6 is 11.3 Å². The Morgan fingerprint density at radius 3 is 2.67 bits per heavy atom. The van der Waals surface area contributed by atoms with Crippen LogP contribution in [0.15, 0.2) is 0 Å². The van der Waals surface area contributed by atoms with Crippen molar-refractivity contribution in [3.05, 3.63) is 16.0 Å². The number of amides is 1. The van der Waals surface area contributed by atoms with Gasteiger partial charge < -0.3 is 10.1 Å². The largest absolute Gasteiger partial charge is 0.465 e. The monoisotopic (exact) mass is 306 g/mol. The number of nitriles is 1. The summed E-state index contributed by atoms with van der Waals surface area (Å²) in [5, 5.41) is 11.8. The Kier molecular flexibility index (Phi) is 5.34. The number of fused-ring (bicyclic) bond motifs is 1. The number of hydrogen-bond donors (Lipinski definition) is 1. The van der Waals surface area contributed by atoms with E-state index in [9.17, 15) is 9.59 Å². The van der Waals surface area contributed by atoms with Crippen LogP contribution in [0, 0.1) is 11.3 Å². The van der Waals surface area contributed by atoms with E-state index in [1.54, 1.807) is 0 Å². The summed E-state index contributed by atoms with van der Waals surface area (Å²) >= 11 is 1.44. The Labute approximate surface area is 127 Å². The lowest BCUT2D eigenvalue weighted by Gasteiger charge is -2.10. The Morgan fingerprint density at radius 2 is 2.00 bits per heavy atom. The minimum absolute atomic E-state index is 0.219. The highest BCUT2D eigenvalue weighted by Crippen LogP contribution is 2.37. The summed E-state index contributed by atoms with van der Waals surface area (Å²) in [7, 11) is 1.34. The van der Waals surface area contributed by atoms with Crippen LogP contribution in [0.3, 0.4) is 0 Å². The SMILES string of the molecule is COC(=O)c1c(NC(=O)CC#N)sc2c1CCCCCC2. The maximum absolute atomic E-state index is 12.1. The van der Waals surface area contributed by atoms with Crippen molar-refractivity contribution < 1.29 is 14.3 Å². The molecule has 0 aromatic carbocycles. The molecule has 2 rings (SSSR count). The number of nitrogens with one attached hydrogen (secondary N) is 1. The molecule has 0 fully saturated rings. The van der Waals surface area contributed by atoms with E-state index in [1.165, 1.54) is 24.9 Å². The predicted molar refractivity (Wildman–Crippen MR) is 80.4 cm³/mol. The number of rotatable bonds is 3. The molecule has 5 nitrogen and oxygen atoms in total. The molecule has 112 valence electrons. The lowest BCUT2D eigenvalue weighted by molar-refractivity contribution is -0.115. The van der Waals surface area contributed by atoms with Crippen molar-refractivity contribution in [3.8, 4) is 6.07 Å². The molecule has 1 amide bonds. The molecule has 1 N–H and O–H groups in total. The average molecular weight is 306 g/mol. The predicted octanol–water partition coefficient (Wildman–Crippen LogP) is 3.05. The number of carbonyl (C=O) groups is 2. The fourth-order valence-corrected chi connectivity index (χ4v) is 3.86. The molecular formula is C15H18N2O3S. The normalized spacial score (nSPS) is 14.3. The van der Waals surface area contributed by atoms with Crippen molar-refractivity contribution >= 4 is 28.2 Å². The van der Waals surface area contributed by atoms with Crippen molar-refractivity contribution in [2.45, 2.75) is 44.9 Å². The molecule has 21 heavy (non-hydrogen) atoms. The number of nitrogens with zero attached hydrogens (tertiary/aromatic N) is 1. The number of thiophene rings is 1. The van der Waals surface area contributed by atoms with Crippen molar-refractivity contribution in [1.82, 2.24) is 0 Å². The zero-order chi connectivity index (χ0) is 15.2. The maximum Gasteiger partial charge on any atom is 0.341 e. The van der Waals surface area contributed by atoms with Crippen molar-refractivity contribution in [1.29, 1.82) is 5.26 Å². The second-order valence-corrected chi connectivity index (χ2v) is 6.10. The first kappa shape index (κ1) is 15.5. The van der Waals surface area contributed by atoms with E-state index >= 15 is 0 Å². The summed E-state index contributed by atoms with van der Waals surface area (Å²) in [6.45, 7) is 0. The molecule has 0 saturated heterocycles. The third kappa shape index (κ3) is 3.61. The van der Waals surface area contributed by atoms with Gasteiger partial charge in [0, 0.05) is 4.88 Å². The van der Waals surface area contributed by atoms with Gasteiger partial charge in [0.1, 0.15) is 11.4 Å². The molecule has 1 aromatic rings. The summed E-state index contributed by atoms with van der Waals surface area (Å²) in [6, 6.07) is 1.81. The number of aryl methyl sites for hydroxylation is 1. The second kappa shape index (κ2) is 7.23. The van der Waals surface area contributed by atoms with Crippen LogP contribution in [0.1, 0.15) is 52.9 Å². The molecule has 6 heteroatoms. The van der Waals surface area contributed by atoms with Gasteiger partial charge in [-0.05, 0) is 31.2 Å². The van der Waals surface area contributed by atoms with Crippen molar-refractivity contribution in [3.63, 3.8) is 0 Å². The molecule has 0 atom stereocenters. The third-order valence-electron chi connectivity index (χ3n) is 3.55. The minimum atomic E-state index is -0.416. The minimum Gasteiger partial charge on any atom is -0.465 e. The van der Waals surface area contributed by atoms with E-state index in [0.717, 1.165) is 42.5 Å². The molecular weight excluding hydrogens is 288 g/mol. The van der Waals surface area contributed by atoms with E-state index in [4.69, 9.17) is 10.00 Å². The van der Waals surface area contributed by atoms with Gasteiger partial charge in [-0.1, -0.05) is 12.8 Å². The van der Waals surface area contributed by atoms with E-state index in [0.29, 0.717) is 10.6 Å². The van der Waals surface area contributed by atoms with Gasteiger partial charge in [-0.25, -0.2) is 4.79 Å². The van der Waals surface area contributed by atoms with Gasteiger partial charge in [0.2, 0.25) is 5.91 Å². The Morgan fingerprint density at radius 1 is 1.29 bits per heavy atom. The van der Waals surface area contributed by atoms with Gasteiger partial charge in [0.05, 0.1) is 18.7 Å². The van der Waals surface area contributed by atoms with Gasteiger partial charge in [0.15, 0.2) is 0 Å². The number of anilines is 1. The number of carbonyl (C=O) groups excluding carboxylic acids is 2. The van der Waals surface area contributed by atoms with Crippen LogP contribution in [-0.2, 0) is 22.4 Å². The highest BCUT2D eigenvalue weighted by atomic mass is 32.1. The van der Waals surface area contributed by atoms with Crippen LogP contribution in [0.5, 0.6) is 0 Å². The van der Waals surface area contributed by atoms with Crippen LogP contribution in [0.4, 0.5) is 5.00 Å². The topological polar surface area (TPSA) is 79.2 Å². The highest BCUT2D eigenvalue weighted by Gasteiger charge is 2.25. The molecule has 0 radical (unpaired) electrons. The van der Waals surface area contributed by atoms with Crippen LogP contribution in [0.25, 0.3) is 0 Å². The Balaban J connectivity index is 2.38. The fourth-order valence-electron chi connectivity index (χ4n) is 2.57. The fraction of sp³-hybridized carbons (Fsp3) is 0.533. The van der Waals surface area contributed by atoms with Crippen LogP contribution < -0.4 is 5.32 Å². The maximum atomic E-state index is 12.1. The first-order chi connectivity index (χ1) is 10.2. The Hall–Kier alpha value is -1.87. The summed E-state index contributed by atoms with van der Waals surface area (Å²) in [5.74, 6) is -0.808. The van der Waals surface area contributed by atoms with Gasteiger partial charge in [-0.3, -0.25) is 4.79 Å². The lowest BCUT2D eigenvalue weighted by Crippen LogP contribution is -2.13. The summed E-state index contributed by atoms with van der Waals surface area (Å²) < 4.78 is 4.87. The number of ether oxygens (including phenoxy) is 1. The smallest absolute Gasteiger partial charge is 0.341 e. The first-order valence-corrected chi connectivity index (χ1v) is 7.88. The molecule has 0 aliphatic heterocycles. The van der Waals surface area contributed by atoms with E-state index < -0.39 is 11.9 Å². The van der Waals surface area contributed by atoms with Gasteiger partial charge in [-0.15, -0.1) is 11.3 Å². The van der Waals surface area contributed by atoms with Gasteiger partial charge >= 0.3 is 5.97 Å². The molecule has 0 saturated carbocycles. The second-order valence-electron chi connectivity index (χ2n) is 5.00. The molecule has 1 aliphatic carbocycles. The van der Waals surface area contributed by atoms with Crippen LogP contribution in [0.2, 0.25) is 0 Å². The molecule has 1 aromatic heterocycles. The standard InChI is InChI=1S/C15H18N2O3S/c1-20-15(19)13-10-6-4-2-3-5-7-11(10)21-14(13)17-12(18)8-9-16/h2-8H2,1H3,(H,17,18). The Bertz CT molecular complexity index is 586. The quantitative estimate of drug-likeness (QED) is 0.870. The van der Waals surface area contributed by atoms with E-state index in [2.05, 4.69) is 5.32 Å². The molecule has 0 unspecified atom stereocenters. The summed E-state index contributed by atoms with van der Waals surface area (Å²) in [6.07, 6.45) is 6.04. The molecule has 0 bridgehead atoms. The summed E-state index contributed by atoms with van der Waals surface area (Å²) in [5.41, 5.74) is 1.49. The van der Waals surface area contributed by atoms with E-state index in [1.807, 2.05) is 6.07 Å². The number of methoxy groups -OCH3 is 1. The zero-order valence-corrected chi connectivity index (χ0v) is 12.8. The molecule has 1 heterocycles. The van der Waals surface area contributed by atoms with Gasteiger partial charge in [0.25, 0.3) is 0 Å². The van der Waals surface area contributed by atoms with Gasteiger partial charge in [-0.2, -0.15) is 5.26 Å². The van der Waals surface area contributed by atoms with Crippen LogP contribution in [-0.4, -0.2) is 19.0 Å². The lowest BCUT2D eigenvalue weighted by atomic mass is 9.96. The number of esters is 1. The highest BCUT2D eigenvalue weighted by molar-refractivity contribution is 7.17. The molecule has 0 spiro atoms. The average Bonchev–Trinajstić information content (AvgIpc) is 2.75. The first-order valence-electron chi connectivity index (χ1n) is 7.07. The number of hydrogen-bond acceptors (Lipinski definition) is 5.